The van der Waals surface area contributed by atoms with Gasteiger partial charge >= 0.3 is 6.03 Å². The summed E-state index contributed by atoms with van der Waals surface area (Å²) < 4.78 is 3.19. The van der Waals surface area contributed by atoms with Crippen molar-refractivity contribution in [3.05, 3.63) is 71.4 Å². The number of amides is 2. The zero-order chi connectivity index (χ0) is 19.1. The van der Waals surface area contributed by atoms with Crippen molar-refractivity contribution in [2.45, 2.75) is 20.0 Å². The van der Waals surface area contributed by atoms with E-state index in [0.29, 0.717) is 19.6 Å². The highest BCUT2D eigenvalue weighted by molar-refractivity contribution is 7.17. The summed E-state index contributed by atoms with van der Waals surface area (Å²) in [5.74, 6) is 0. The van der Waals surface area contributed by atoms with Crippen LogP contribution in [0.25, 0.3) is 21.2 Å². The van der Waals surface area contributed by atoms with Crippen LogP contribution < -0.4 is 5.32 Å². The minimum atomic E-state index is -0.0640. The Morgan fingerprint density at radius 1 is 1.11 bits per heavy atom. The van der Waals surface area contributed by atoms with Crippen LogP contribution >= 0.6 is 11.3 Å². The molecule has 1 aliphatic rings. The van der Waals surface area contributed by atoms with Gasteiger partial charge in [-0.2, -0.15) is 5.10 Å². The largest absolute Gasteiger partial charge is 0.322 e. The molecule has 2 amide bonds. The average Bonchev–Trinajstić information content (AvgIpc) is 3.33. The fraction of sp³-hybridized carbons (Fsp3) is 0.182. The van der Waals surface area contributed by atoms with Crippen LogP contribution in [0.5, 0.6) is 0 Å². The number of carbonyl (C=O) groups is 1. The van der Waals surface area contributed by atoms with Crippen molar-refractivity contribution in [2.75, 3.05) is 11.9 Å². The number of rotatable bonds is 2. The number of aryl methyl sites for hydroxylation is 1. The first-order valence-electron chi connectivity index (χ1n) is 9.33. The lowest BCUT2D eigenvalue weighted by molar-refractivity contribution is 0.194. The quantitative estimate of drug-likeness (QED) is 0.518. The number of urea groups is 1. The number of hydrogen-bond donors (Lipinski definition) is 1. The molecule has 4 aromatic rings. The molecular formula is C22H20N4OS. The molecule has 0 spiro atoms. The second kappa shape index (κ2) is 6.80. The topological polar surface area (TPSA) is 50.2 Å². The van der Waals surface area contributed by atoms with Crippen molar-refractivity contribution >= 4 is 33.1 Å². The Hall–Kier alpha value is -3.12. The second-order valence-corrected chi connectivity index (χ2v) is 8.00. The van der Waals surface area contributed by atoms with Crippen LogP contribution in [0, 0.1) is 6.92 Å². The summed E-state index contributed by atoms with van der Waals surface area (Å²) in [6.45, 7) is 3.99. The van der Waals surface area contributed by atoms with E-state index in [1.54, 1.807) is 11.3 Å². The average molecular weight is 388 g/mol. The first-order chi connectivity index (χ1) is 13.7. The highest BCUT2D eigenvalue weighted by atomic mass is 32.1. The monoisotopic (exact) mass is 388 g/mol. The third kappa shape index (κ3) is 2.96. The summed E-state index contributed by atoms with van der Waals surface area (Å²) in [6, 6.07) is 16.5. The van der Waals surface area contributed by atoms with Crippen LogP contribution in [-0.2, 0) is 13.1 Å². The predicted molar refractivity (Wildman–Crippen MR) is 114 cm³/mol. The molecule has 5 rings (SSSR count). The molecule has 1 aliphatic heterocycles. The summed E-state index contributed by atoms with van der Waals surface area (Å²) in [5, 5.41) is 10.7. The molecule has 28 heavy (non-hydrogen) atoms. The van der Waals surface area contributed by atoms with Crippen LogP contribution in [-0.4, -0.2) is 27.3 Å². The van der Waals surface area contributed by atoms with Crippen LogP contribution in [0.15, 0.2) is 60.1 Å². The van der Waals surface area contributed by atoms with E-state index in [2.05, 4.69) is 47.7 Å². The number of aromatic nitrogens is 2. The first-order valence-corrected chi connectivity index (χ1v) is 10.2. The number of thiophene rings is 1. The highest BCUT2D eigenvalue weighted by Crippen LogP contribution is 2.31. The van der Waals surface area contributed by atoms with Gasteiger partial charge in [0.05, 0.1) is 30.7 Å². The number of fused-ring (bicyclic) bond motifs is 2. The maximum Gasteiger partial charge on any atom is 0.322 e. The molecule has 0 radical (unpaired) electrons. The third-order valence-electron chi connectivity index (χ3n) is 5.24. The molecule has 0 saturated carbocycles. The molecule has 0 bridgehead atoms. The van der Waals surface area contributed by atoms with Gasteiger partial charge in [-0.3, -0.25) is 4.68 Å². The van der Waals surface area contributed by atoms with Crippen molar-refractivity contribution in [2.24, 2.45) is 0 Å². The van der Waals surface area contributed by atoms with Gasteiger partial charge in [0.15, 0.2) is 0 Å². The van der Waals surface area contributed by atoms with Gasteiger partial charge < -0.3 is 10.2 Å². The van der Waals surface area contributed by atoms with Gasteiger partial charge in [0, 0.05) is 27.6 Å². The fourth-order valence-electron chi connectivity index (χ4n) is 3.66. The molecule has 0 saturated heterocycles. The van der Waals surface area contributed by atoms with E-state index in [-0.39, 0.29) is 6.03 Å². The molecule has 0 aliphatic carbocycles. The van der Waals surface area contributed by atoms with Gasteiger partial charge in [-0.25, -0.2) is 4.79 Å². The lowest BCUT2D eigenvalue weighted by atomic mass is 10.0. The molecule has 0 atom stereocenters. The zero-order valence-corrected chi connectivity index (χ0v) is 16.4. The number of nitrogens with zero attached hydrogens (tertiary/aromatic N) is 3. The van der Waals surface area contributed by atoms with Gasteiger partial charge in [0.1, 0.15) is 0 Å². The van der Waals surface area contributed by atoms with E-state index >= 15 is 0 Å². The van der Waals surface area contributed by atoms with Gasteiger partial charge in [-0.05, 0) is 18.6 Å². The molecule has 0 fully saturated rings. The standard InChI is InChI=1S/C22H20N4OS/c1-15-6-8-16(9-7-15)18-12-23-26-11-10-25(13-20(18)26)22(27)24-19-14-28-21-5-3-2-4-17(19)21/h2-9,12,14H,10-11,13H2,1H3,(H,24,27). The number of benzene rings is 2. The maximum atomic E-state index is 12.9. The van der Waals surface area contributed by atoms with E-state index in [0.717, 1.165) is 27.9 Å². The Kier molecular flexibility index (Phi) is 4.13. The summed E-state index contributed by atoms with van der Waals surface area (Å²) >= 11 is 1.65. The summed E-state index contributed by atoms with van der Waals surface area (Å²) in [6.07, 6.45) is 1.91. The van der Waals surface area contributed by atoms with Gasteiger partial charge in [-0.15, -0.1) is 11.3 Å². The van der Waals surface area contributed by atoms with Gasteiger partial charge in [0.2, 0.25) is 0 Å². The van der Waals surface area contributed by atoms with Crippen molar-refractivity contribution in [3.63, 3.8) is 0 Å². The minimum Gasteiger partial charge on any atom is -0.317 e. The highest BCUT2D eigenvalue weighted by Gasteiger charge is 2.25. The van der Waals surface area contributed by atoms with Crippen molar-refractivity contribution < 1.29 is 4.79 Å². The Balaban J connectivity index is 1.38. The second-order valence-electron chi connectivity index (χ2n) is 7.09. The van der Waals surface area contributed by atoms with E-state index in [9.17, 15) is 4.79 Å². The molecule has 3 heterocycles. The van der Waals surface area contributed by atoms with Crippen LogP contribution in [0.1, 0.15) is 11.3 Å². The number of anilines is 1. The van der Waals surface area contributed by atoms with Crippen molar-refractivity contribution in [1.82, 2.24) is 14.7 Å². The van der Waals surface area contributed by atoms with Crippen LogP contribution in [0.2, 0.25) is 0 Å². The molecule has 2 aromatic heterocycles. The number of nitrogens with one attached hydrogen (secondary N) is 1. The van der Waals surface area contributed by atoms with Gasteiger partial charge in [0.25, 0.3) is 0 Å². The molecule has 6 heteroatoms. The summed E-state index contributed by atoms with van der Waals surface area (Å²) in [7, 11) is 0. The molecule has 2 aromatic carbocycles. The Morgan fingerprint density at radius 3 is 2.79 bits per heavy atom. The molecular weight excluding hydrogens is 368 g/mol. The van der Waals surface area contributed by atoms with Gasteiger partial charge in [-0.1, -0.05) is 48.0 Å². The first kappa shape index (κ1) is 17.0. The van der Waals surface area contributed by atoms with E-state index in [1.165, 1.54) is 10.3 Å². The van der Waals surface area contributed by atoms with Crippen molar-refractivity contribution in [3.8, 4) is 11.1 Å². The van der Waals surface area contributed by atoms with E-state index in [1.807, 2.05) is 39.4 Å². The lowest BCUT2D eigenvalue weighted by Crippen LogP contribution is -2.41. The van der Waals surface area contributed by atoms with E-state index < -0.39 is 0 Å². The van der Waals surface area contributed by atoms with E-state index in [4.69, 9.17) is 0 Å². The Bertz CT molecular complexity index is 1160. The molecule has 0 unspecified atom stereocenters. The number of hydrogen-bond acceptors (Lipinski definition) is 3. The smallest absolute Gasteiger partial charge is 0.317 e. The summed E-state index contributed by atoms with van der Waals surface area (Å²) in [5.41, 5.74) is 5.43. The lowest BCUT2D eigenvalue weighted by Gasteiger charge is -2.28. The maximum absolute atomic E-state index is 12.9. The molecule has 140 valence electrons. The summed E-state index contributed by atoms with van der Waals surface area (Å²) in [4.78, 5) is 14.8. The van der Waals surface area contributed by atoms with Crippen molar-refractivity contribution in [1.29, 1.82) is 0 Å². The number of carbonyl (C=O) groups excluding carboxylic acids is 1. The fourth-order valence-corrected chi connectivity index (χ4v) is 4.55. The zero-order valence-electron chi connectivity index (χ0n) is 15.6. The molecule has 1 N–H and O–H groups in total. The minimum absolute atomic E-state index is 0.0640. The Morgan fingerprint density at radius 2 is 1.93 bits per heavy atom. The normalized spacial score (nSPS) is 13.5. The van der Waals surface area contributed by atoms with Crippen LogP contribution in [0.4, 0.5) is 10.5 Å². The molecule has 5 nitrogen and oxygen atoms in total. The SMILES string of the molecule is Cc1ccc(-c2cnn3c2CN(C(=O)Nc2csc4ccccc24)CC3)cc1. The predicted octanol–water partition coefficient (Wildman–Crippen LogP) is 5.12. The Labute approximate surface area is 167 Å². The van der Waals surface area contributed by atoms with Crippen LogP contribution in [0.3, 0.4) is 0 Å². The third-order valence-corrected chi connectivity index (χ3v) is 6.21.